The van der Waals surface area contributed by atoms with E-state index in [9.17, 15) is 4.79 Å². The number of nitrogen functional groups attached to an aromatic ring is 1. The Kier molecular flexibility index (Phi) is 8.04. The van der Waals surface area contributed by atoms with Crippen molar-refractivity contribution in [3.05, 3.63) is 52.5 Å². The Hall–Kier alpha value is -2.20. The first-order valence-corrected chi connectivity index (χ1v) is 11.5. The van der Waals surface area contributed by atoms with Gasteiger partial charge in [-0.15, -0.1) is 0 Å². The molecule has 0 saturated carbocycles. The van der Waals surface area contributed by atoms with Crippen LogP contribution in [-0.2, 0) is 15.6 Å². The number of carbonyl (C=O) groups is 1. The molecule has 170 valence electrons. The second kappa shape index (κ2) is 9.95. The van der Waals surface area contributed by atoms with Gasteiger partial charge in [0.15, 0.2) is 6.10 Å². The molecule has 0 aliphatic carbocycles. The van der Waals surface area contributed by atoms with Crippen LogP contribution in [0.5, 0.6) is 5.75 Å². The van der Waals surface area contributed by atoms with E-state index < -0.39 is 6.10 Å². The average molecular weight is 445 g/mol. The molecule has 5 heteroatoms. The molecule has 3 N–H and O–H groups in total. The van der Waals surface area contributed by atoms with Gasteiger partial charge in [0.05, 0.1) is 10.7 Å². The van der Waals surface area contributed by atoms with E-state index in [0.717, 1.165) is 24.2 Å². The van der Waals surface area contributed by atoms with Gasteiger partial charge in [-0.05, 0) is 59.9 Å². The number of nitrogens with two attached hydrogens (primary N) is 1. The van der Waals surface area contributed by atoms with Crippen LogP contribution in [0.2, 0.25) is 5.02 Å². The van der Waals surface area contributed by atoms with E-state index in [2.05, 4.69) is 59.0 Å². The summed E-state index contributed by atoms with van der Waals surface area (Å²) in [5.74, 6) is 0.558. The summed E-state index contributed by atoms with van der Waals surface area (Å²) in [7, 11) is 0. The zero-order valence-electron chi connectivity index (χ0n) is 19.9. The first-order chi connectivity index (χ1) is 14.4. The van der Waals surface area contributed by atoms with Crippen molar-refractivity contribution < 1.29 is 9.53 Å². The lowest BCUT2D eigenvalue weighted by molar-refractivity contribution is -0.122. The number of amides is 1. The predicted octanol–water partition coefficient (Wildman–Crippen LogP) is 7.09. The molecule has 0 saturated heterocycles. The van der Waals surface area contributed by atoms with Crippen LogP contribution in [0.4, 0.5) is 11.4 Å². The fourth-order valence-corrected chi connectivity index (χ4v) is 3.41. The highest BCUT2D eigenvalue weighted by molar-refractivity contribution is 6.33. The number of hydrogen-bond acceptors (Lipinski definition) is 3. The van der Waals surface area contributed by atoms with Crippen LogP contribution in [0, 0.1) is 0 Å². The Morgan fingerprint density at radius 1 is 1.03 bits per heavy atom. The summed E-state index contributed by atoms with van der Waals surface area (Å²) in [4.78, 5) is 12.9. The van der Waals surface area contributed by atoms with Gasteiger partial charge in [-0.25, -0.2) is 0 Å². The molecule has 0 bridgehead atoms. The van der Waals surface area contributed by atoms with Crippen molar-refractivity contribution in [2.45, 2.75) is 84.7 Å². The van der Waals surface area contributed by atoms with Gasteiger partial charge >= 0.3 is 0 Å². The van der Waals surface area contributed by atoms with E-state index in [0.29, 0.717) is 22.8 Å². The standard InChI is InChI=1S/C26H37ClN2O2/c1-8-22(24(30)29-18-12-13-20(27)21(28)16-18)31-23-14-11-17(25(4,5)9-2)15-19(23)26(6,7)10-3/h11-16,22H,8-10,28H2,1-7H3,(H,29,30)/t22-/m0/s1. The molecule has 0 fully saturated rings. The van der Waals surface area contributed by atoms with E-state index in [-0.39, 0.29) is 16.7 Å². The summed E-state index contributed by atoms with van der Waals surface area (Å²) in [6.07, 6.45) is 1.94. The van der Waals surface area contributed by atoms with Gasteiger partial charge in [0.2, 0.25) is 0 Å². The molecule has 0 aliphatic rings. The average Bonchev–Trinajstić information content (AvgIpc) is 2.74. The lowest BCUT2D eigenvalue weighted by Crippen LogP contribution is -2.33. The van der Waals surface area contributed by atoms with Crippen molar-refractivity contribution in [1.82, 2.24) is 0 Å². The molecular weight excluding hydrogens is 408 g/mol. The van der Waals surface area contributed by atoms with Crippen molar-refractivity contribution in [2.24, 2.45) is 0 Å². The molecule has 0 heterocycles. The summed E-state index contributed by atoms with van der Waals surface area (Å²) in [5.41, 5.74) is 9.31. The predicted molar refractivity (Wildman–Crippen MR) is 132 cm³/mol. The summed E-state index contributed by atoms with van der Waals surface area (Å²) >= 11 is 5.98. The number of carbonyl (C=O) groups excluding carboxylic acids is 1. The van der Waals surface area contributed by atoms with Crippen molar-refractivity contribution in [1.29, 1.82) is 0 Å². The summed E-state index contributed by atoms with van der Waals surface area (Å²) in [6, 6.07) is 11.5. The molecule has 0 unspecified atom stereocenters. The second-order valence-corrected chi connectivity index (χ2v) is 9.83. The fraction of sp³-hybridized carbons (Fsp3) is 0.500. The largest absolute Gasteiger partial charge is 0.480 e. The fourth-order valence-electron chi connectivity index (χ4n) is 3.30. The molecule has 0 aliphatic heterocycles. The van der Waals surface area contributed by atoms with Crippen LogP contribution < -0.4 is 15.8 Å². The number of nitrogens with one attached hydrogen (secondary N) is 1. The van der Waals surface area contributed by atoms with Crippen LogP contribution in [-0.4, -0.2) is 12.0 Å². The molecule has 2 aromatic carbocycles. The maximum atomic E-state index is 12.9. The number of ether oxygens (including phenoxy) is 1. The first-order valence-electron chi connectivity index (χ1n) is 11.1. The third-order valence-electron chi connectivity index (χ3n) is 6.45. The molecule has 0 spiro atoms. The molecule has 4 nitrogen and oxygen atoms in total. The zero-order valence-corrected chi connectivity index (χ0v) is 20.7. The SMILES string of the molecule is CC[C@H](Oc1ccc(C(C)(C)CC)cc1C(C)(C)CC)C(=O)Nc1ccc(Cl)c(N)c1. The quantitative estimate of drug-likeness (QED) is 0.405. The van der Waals surface area contributed by atoms with E-state index in [1.165, 1.54) is 5.56 Å². The van der Waals surface area contributed by atoms with Gasteiger partial charge in [-0.2, -0.15) is 0 Å². The normalized spacial score (nSPS) is 13.0. The van der Waals surface area contributed by atoms with Gasteiger partial charge in [0.25, 0.3) is 5.91 Å². The number of benzene rings is 2. The summed E-state index contributed by atoms with van der Waals surface area (Å²) in [5, 5.41) is 3.36. The Labute approximate surface area is 192 Å². The highest BCUT2D eigenvalue weighted by atomic mass is 35.5. The van der Waals surface area contributed by atoms with Crippen molar-refractivity contribution >= 4 is 28.9 Å². The van der Waals surface area contributed by atoms with Crippen molar-refractivity contribution in [3.63, 3.8) is 0 Å². The third-order valence-corrected chi connectivity index (χ3v) is 6.80. The summed E-state index contributed by atoms with van der Waals surface area (Å²) < 4.78 is 6.30. The molecule has 0 radical (unpaired) electrons. The van der Waals surface area contributed by atoms with Crippen LogP contribution in [0.3, 0.4) is 0 Å². The Balaban J connectivity index is 2.34. The molecule has 31 heavy (non-hydrogen) atoms. The minimum absolute atomic E-state index is 0.0748. The number of anilines is 2. The lowest BCUT2D eigenvalue weighted by Gasteiger charge is -2.31. The number of hydrogen-bond donors (Lipinski definition) is 2. The van der Waals surface area contributed by atoms with E-state index in [4.69, 9.17) is 22.1 Å². The number of rotatable bonds is 9. The van der Waals surface area contributed by atoms with Crippen LogP contribution in [0.25, 0.3) is 0 Å². The molecule has 1 atom stereocenters. The Morgan fingerprint density at radius 2 is 1.68 bits per heavy atom. The lowest BCUT2D eigenvalue weighted by atomic mass is 9.76. The van der Waals surface area contributed by atoms with Crippen LogP contribution in [0.1, 0.15) is 78.9 Å². The topological polar surface area (TPSA) is 64.3 Å². The van der Waals surface area contributed by atoms with Crippen molar-refractivity contribution in [3.8, 4) is 5.75 Å². The van der Waals surface area contributed by atoms with Gasteiger partial charge in [0, 0.05) is 11.3 Å². The van der Waals surface area contributed by atoms with Crippen LogP contribution in [0.15, 0.2) is 36.4 Å². The smallest absolute Gasteiger partial charge is 0.265 e. The molecule has 0 aromatic heterocycles. The monoisotopic (exact) mass is 444 g/mol. The maximum absolute atomic E-state index is 12.9. The highest BCUT2D eigenvalue weighted by Gasteiger charge is 2.28. The molecule has 2 rings (SSSR count). The van der Waals surface area contributed by atoms with Gasteiger partial charge in [-0.1, -0.05) is 72.2 Å². The van der Waals surface area contributed by atoms with E-state index in [1.807, 2.05) is 13.0 Å². The Morgan fingerprint density at radius 3 is 2.23 bits per heavy atom. The number of halogens is 1. The maximum Gasteiger partial charge on any atom is 0.265 e. The van der Waals surface area contributed by atoms with E-state index in [1.54, 1.807) is 18.2 Å². The van der Waals surface area contributed by atoms with Gasteiger partial charge < -0.3 is 15.8 Å². The first kappa shape index (κ1) is 25.1. The molecule has 1 amide bonds. The highest BCUT2D eigenvalue weighted by Crippen LogP contribution is 2.39. The minimum Gasteiger partial charge on any atom is -0.480 e. The molecule has 2 aromatic rings. The third kappa shape index (κ3) is 5.94. The second-order valence-electron chi connectivity index (χ2n) is 9.43. The summed E-state index contributed by atoms with van der Waals surface area (Å²) in [6.45, 7) is 15.3. The van der Waals surface area contributed by atoms with Gasteiger partial charge in [0.1, 0.15) is 5.75 Å². The van der Waals surface area contributed by atoms with E-state index >= 15 is 0 Å². The zero-order chi connectivity index (χ0) is 23.4. The van der Waals surface area contributed by atoms with Crippen LogP contribution >= 0.6 is 11.6 Å². The molecular formula is C26H37ClN2O2. The van der Waals surface area contributed by atoms with Crippen molar-refractivity contribution in [2.75, 3.05) is 11.1 Å². The van der Waals surface area contributed by atoms with Gasteiger partial charge in [-0.3, -0.25) is 4.79 Å². The minimum atomic E-state index is -0.617. The Bertz CT molecular complexity index is 922.